The lowest BCUT2D eigenvalue weighted by Gasteiger charge is -2.14. The van der Waals surface area contributed by atoms with Crippen LogP contribution >= 0.6 is 0 Å². The molecule has 0 aromatic carbocycles. The quantitative estimate of drug-likeness (QED) is 0.694. The molecule has 1 saturated carbocycles. The van der Waals surface area contributed by atoms with Gasteiger partial charge in [0.25, 0.3) is 0 Å². The molecule has 2 atom stereocenters. The van der Waals surface area contributed by atoms with Crippen LogP contribution in [0.25, 0.3) is 0 Å². The van der Waals surface area contributed by atoms with E-state index >= 15 is 0 Å². The highest BCUT2D eigenvalue weighted by molar-refractivity contribution is 7.88. The molecule has 4 heteroatoms. The molecule has 0 spiro atoms. The molecule has 78 valence electrons. The first-order chi connectivity index (χ1) is 5.97. The summed E-state index contributed by atoms with van der Waals surface area (Å²) in [6.45, 7) is 2.24. The number of sulfonamides is 1. The number of hydrogen-bond acceptors (Lipinski definition) is 2. The van der Waals surface area contributed by atoms with Crippen molar-refractivity contribution in [3.05, 3.63) is 0 Å². The molecule has 0 amide bonds. The second kappa shape index (κ2) is 4.42. The average molecular weight is 205 g/mol. The fourth-order valence-electron chi connectivity index (χ4n) is 1.91. The summed E-state index contributed by atoms with van der Waals surface area (Å²) in [7, 11) is -3.01. The Morgan fingerprint density at radius 1 is 1.15 bits per heavy atom. The van der Waals surface area contributed by atoms with E-state index in [-0.39, 0.29) is 6.04 Å². The van der Waals surface area contributed by atoms with Crippen LogP contribution in [0, 0.1) is 5.92 Å². The van der Waals surface area contributed by atoms with Gasteiger partial charge in [-0.25, -0.2) is 13.1 Å². The Morgan fingerprint density at radius 3 is 2.46 bits per heavy atom. The van der Waals surface area contributed by atoms with Crippen molar-refractivity contribution < 1.29 is 8.42 Å². The third-order valence-electron chi connectivity index (χ3n) is 2.64. The zero-order valence-electron chi connectivity index (χ0n) is 8.41. The second-order valence-electron chi connectivity index (χ2n) is 4.20. The van der Waals surface area contributed by atoms with E-state index in [4.69, 9.17) is 0 Å². The van der Waals surface area contributed by atoms with Crippen molar-refractivity contribution in [2.75, 3.05) is 6.26 Å². The fraction of sp³-hybridized carbons (Fsp3) is 1.00. The molecule has 0 aromatic heterocycles. The first-order valence-corrected chi connectivity index (χ1v) is 6.84. The number of rotatable bonds is 2. The molecule has 1 N–H and O–H groups in total. The third kappa shape index (κ3) is 4.62. The predicted molar refractivity (Wildman–Crippen MR) is 54.0 cm³/mol. The van der Waals surface area contributed by atoms with Crippen molar-refractivity contribution in [2.45, 2.75) is 45.1 Å². The Morgan fingerprint density at radius 2 is 1.85 bits per heavy atom. The van der Waals surface area contributed by atoms with Gasteiger partial charge in [0.15, 0.2) is 0 Å². The standard InChI is InChI=1S/C9H19NO2S/c1-8-4-3-5-9(7-6-8)10-13(2,11)12/h8-10H,3-7H2,1-2H3. The summed E-state index contributed by atoms with van der Waals surface area (Å²) < 4.78 is 24.7. The van der Waals surface area contributed by atoms with Gasteiger partial charge in [-0.05, 0) is 25.2 Å². The maximum atomic E-state index is 11.0. The van der Waals surface area contributed by atoms with Gasteiger partial charge in [0.1, 0.15) is 0 Å². The van der Waals surface area contributed by atoms with Crippen LogP contribution in [0.4, 0.5) is 0 Å². The molecule has 0 aromatic rings. The van der Waals surface area contributed by atoms with Gasteiger partial charge in [-0.2, -0.15) is 0 Å². The van der Waals surface area contributed by atoms with Crippen LogP contribution in [-0.2, 0) is 10.0 Å². The summed E-state index contributed by atoms with van der Waals surface area (Å²) in [6.07, 6.45) is 6.76. The van der Waals surface area contributed by atoms with Crippen LogP contribution in [0.15, 0.2) is 0 Å². The lowest BCUT2D eigenvalue weighted by molar-refractivity contribution is 0.485. The molecule has 1 aliphatic carbocycles. The highest BCUT2D eigenvalue weighted by Crippen LogP contribution is 2.22. The summed E-state index contributed by atoms with van der Waals surface area (Å²) in [6, 6.07) is 0.181. The van der Waals surface area contributed by atoms with E-state index in [1.165, 1.54) is 12.7 Å². The predicted octanol–water partition coefficient (Wildman–Crippen LogP) is 1.50. The Bertz CT molecular complexity index is 248. The van der Waals surface area contributed by atoms with Crippen LogP contribution in [-0.4, -0.2) is 20.7 Å². The summed E-state index contributed by atoms with van der Waals surface area (Å²) >= 11 is 0. The normalized spacial score (nSPS) is 31.2. The first-order valence-electron chi connectivity index (χ1n) is 4.94. The van der Waals surface area contributed by atoms with Gasteiger partial charge in [0, 0.05) is 6.04 Å². The maximum Gasteiger partial charge on any atom is 0.208 e. The van der Waals surface area contributed by atoms with E-state index in [1.54, 1.807) is 0 Å². The summed E-state index contributed by atoms with van der Waals surface area (Å²) in [5.74, 6) is 0.756. The van der Waals surface area contributed by atoms with Gasteiger partial charge in [-0.1, -0.05) is 19.8 Å². The monoisotopic (exact) mass is 205 g/mol. The van der Waals surface area contributed by atoms with Gasteiger partial charge in [-0.3, -0.25) is 0 Å². The second-order valence-corrected chi connectivity index (χ2v) is 5.98. The van der Waals surface area contributed by atoms with Crippen molar-refractivity contribution in [1.82, 2.24) is 4.72 Å². The molecular formula is C9H19NO2S. The minimum atomic E-state index is -3.01. The summed E-state index contributed by atoms with van der Waals surface area (Å²) in [5, 5.41) is 0. The Labute approximate surface area is 81.0 Å². The molecule has 0 aliphatic heterocycles. The van der Waals surface area contributed by atoms with Crippen molar-refractivity contribution in [1.29, 1.82) is 0 Å². The smallest absolute Gasteiger partial charge is 0.208 e. The Kier molecular flexibility index (Phi) is 3.74. The molecule has 3 nitrogen and oxygen atoms in total. The average Bonchev–Trinajstić information content (AvgIpc) is 2.12. The van der Waals surface area contributed by atoms with E-state index in [1.807, 2.05) is 0 Å². The van der Waals surface area contributed by atoms with Gasteiger partial charge in [0.2, 0.25) is 10.0 Å². The van der Waals surface area contributed by atoms with E-state index in [2.05, 4.69) is 11.6 Å². The topological polar surface area (TPSA) is 46.2 Å². The Balaban J connectivity index is 2.43. The third-order valence-corrected chi connectivity index (χ3v) is 3.40. The van der Waals surface area contributed by atoms with E-state index in [0.717, 1.165) is 31.6 Å². The number of hydrogen-bond donors (Lipinski definition) is 1. The molecule has 1 aliphatic rings. The maximum absolute atomic E-state index is 11.0. The van der Waals surface area contributed by atoms with E-state index in [0.29, 0.717) is 0 Å². The Hall–Kier alpha value is -0.0900. The molecule has 0 saturated heterocycles. The molecule has 13 heavy (non-hydrogen) atoms. The lowest BCUT2D eigenvalue weighted by atomic mass is 10.0. The molecule has 0 bridgehead atoms. The van der Waals surface area contributed by atoms with Crippen LogP contribution in [0.2, 0.25) is 0 Å². The van der Waals surface area contributed by atoms with Crippen molar-refractivity contribution >= 4 is 10.0 Å². The van der Waals surface area contributed by atoms with Crippen molar-refractivity contribution in [3.8, 4) is 0 Å². The molecule has 0 radical (unpaired) electrons. The molecule has 1 fully saturated rings. The molecule has 1 rings (SSSR count). The molecule has 0 heterocycles. The minimum absolute atomic E-state index is 0.181. The van der Waals surface area contributed by atoms with Crippen LogP contribution in [0.5, 0.6) is 0 Å². The van der Waals surface area contributed by atoms with Gasteiger partial charge < -0.3 is 0 Å². The minimum Gasteiger partial charge on any atom is -0.213 e. The van der Waals surface area contributed by atoms with Crippen LogP contribution in [0.3, 0.4) is 0 Å². The SMILES string of the molecule is CC1CCCC(NS(C)(=O)=O)CC1. The van der Waals surface area contributed by atoms with Crippen molar-refractivity contribution in [2.24, 2.45) is 5.92 Å². The highest BCUT2D eigenvalue weighted by Gasteiger charge is 2.18. The first kappa shape index (κ1) is 11.0. The molecule has 2 unspecified atom stereocenters. The van der Waals surface area contributed by atoms with Crippen molar-refractivity contribution in [3.63, 3.8) is 0 Å². The summed E-state index contributed by atoms with van der Waals surface area (Å²) in [4.78, 5) is 0. The summed E-state index contributed by atoms with van der Waals surface area (Å²) in [5.41, 5.74) is 0. The van der Waals surface area contributed by atoms with Gasteiger partial charge in [-0.15, -0.1) is 0 Å². The zero-order chi connectivity index (χ0) is 9.90. The lowest BCUT2D eigenvalue weighted by Crippen LogP contribution is -2.33. The largest absolute Gasteiger partial charge is 0.213 e. The number of nitrogens with one attached hydrogen (secondary N) is 1. The molecular weight excluding hydrogens is 186 g/mol. The van der Waals surface area contributed by atoms with Gasteiger partial charge in [0.05, 0.1) is 6.26 Å². The van der Waals surface area contributed by atoms with Crippen LogP contribution in [0.1, 0.15) is 39.0 Å². The van der Waals surface area contributed by atoms with Crippen LogP contribution < -0.4 is 4.72 Å². The van der Waals surface area contributed by atoms with E-state index in [9.17, 15) is 8.42 Å². The van der Waals surface area contributed by atoms with E-state index < -0.39 is 10.0 Å². The highest BCUT2D eigenvalue weighted by atomic mass is 32.2. The van der Waals surface area contributed by atoms with Gasteiger partial charge >= 0.3 is 0 Å². The zero-order valence-corrected chi connectivity index (χ0v) is 9.23. The fourth-order valence-corrected chi connectivity index (χ4v) is 2.75.